The molecule has 0 amide bonds. The lowest BCUT2D eigenvalue weighted by Gasteiger charge is -2.02. The van der Waals surface area contributed by atoms with Crippen LogP contribution in [0.15, 0.2) is 28.0 Å². The number of rotatable bonds is 2. The number of halogens is 2. The average molecular weight is 289 g/mol. The Hall–Kier alpha value is -0.300. The maximum atomic E-state index is 11.1. The van der Waals surface area contributed by atoms with E-state index in [2.05, 4.69) is 0 Å². The molecule has 0 N–H and O–H groups in total. The van der Waals surface area contributed by atoms with Gasteiger partial charge < -0.3 is 0 Å². The van der Waals surface area contributed by atoms with E-state index in [1.807, 2.05) is 0 Å². The summed E-state index contributed by atoms with van der Waals surface area (Å²) in [6.07, 6.45) is 0.975. The van der Waals surface area contributed by atoms with E-state index in [-0.39, 0.29) is 14.8 Å². The Morgan fingerprint density at radius 3 is 2.00 bits per heavy atom. The third-order valence-electron chi connectivity index (χ3n) is 1.58. The second-order valence-electron chi connectivity index (χ2n) is 2.80. The first-order valence-electron chi connectivity index (χ1n) is 3.56. The Balaban J connectivity index is 3.47. The van der Waals surface area contributed by atoms with Crippen LogP contribution in [0.25, 0.3) is 0 Å². The molecule has 0 aliphatic heterocycles. The first kappa shape index (κ1) is 12.8. The van der Waals surface area contributed by atoms with Crippen LogP contribution in [0.1, 0.15) is 0 Å². The molecule has 0 aromatic heterocycles. The topological polar surface area (TPSA) is 68.3 Å². The summed E-state index contributed by atoms with van der Waals surface area (Å²) in [6.45, 7) is 0. The minimum Gasteiger partial charge on any atom is -0.224 e. The molecule has 0 aliphatic rings. The van der Waals surface area contributed by atoms with Gasteiger partial charge in [-0.3, -0.25) is 0 Å². The van der Waals surface area contributed by atoms with Gasteiger partial charge in [0.25, 0.3) is 9.05 Å². The number of benzene rings is 1. The van der Waals surface area contributed by atoms with Gasteiger partial charge in [-0.25, -0.2) is 16.8 Å². The largest absolute Gasteiger partial charge is 0.261 e. The maximum Gasteiger partial charge on any atom is 0.261 e. The SMILES string of the molecule is CS(=O)(=O)c1ccc(S(=O)(=O)Cl)cc1Cl. The Kier molecular flexibility index (Phi) is 3.35. The summed E-state index contributed by atoms with van der Waals surface area (Å²) in [7, 11) is -2.30. The van der Waals surface area contributed by atoms with Crippen LogP contribution in [0.2, 0.25) is 5.02 Å². The summed E-state index contributed by atoms with van der Waals surface area (Å²) in [6, 6.07) is 3.19. The van der Waals surface area contributed by atoms with Crippen LogP contribution in [0.5, 0.6) is 0 Å². The smallest absolute Gasteiger partial charge is 0.224 e. The lowest BCUT2D eigenvalue weighted by Crippen LogP contribution is -1.99. The van der Waals surface area contributed by atoms with Gasteiger partial charge >= 0.3 is 0 Å². The molecule has 0 fully saturated rings. The molecule has 0 unspecified atom stereocenters. The first-order chi connectivity index (χ1) is 6.62. The zero-order valence-electron chi connectivity index (χ0n) is 7.44. The molecule has 1 rings (SSSR count). The Morgan fingerprint density at radius 2 is 1.67 bits per heavy atom. The summed E-state index contributed by atoms with van der Waals surface area (Å²) in [5.41, 5.74) is 0. The van der Waals surface area contributed by atoms with Crippen LogP contribution in [-0.4, -0.2) is 23.1 Å². The highest BCUT2D eigenvalue weighted by Crippen LogP contribution is 2.26. The molecule has 1 aromatic carbocycles. The van der Waals surface area contributed by atoms with E-state index < -0.39 is 18.9 Å². The minimum absolute atomic E-state index is 0.131. The van der Waals surface area contributed by atoms with Crippen LogP contribution >= 0.6 is 22.3 Å². The summed E-state index contributed by atoms with van der Waals surface area (Å²) >= 11 is 5.62. The maximum absolute atomic E-state index is 11.1. The molecule has 0 atom stereocenters. The second-order valence-corrected chi connectivity index (χ2v) is 7.76. The molecule has 1 aromatic rings. The predicted molar refractivity (Wildman–Crippen MR) is 57.6 cm³/mol. The van der Waals surface area contributed by atoms with Crippen molar-refractivity contribution in [3.05, 3.63) is 23.2 Å². The fraction of sp³-hybridized carbons (Fsp3) is 0.143. The van der Waals surface area contributed by atoms with Crippen LogP contribution in [0, 0.1) is 0 Å². The third kappa shape index (κ3) is 3.07. The molecule has 0 aliphatic carbocycles. The Bertz CT molecular complexity index is 589. The first-order valence-corrected chi connectivity index (χ1v) is 8.14. The van der Waals surface area contributed by atoms with Gasteiger partial charge in [0.05, 0.1) is 14.8 Å². The van der Waals surface area contributed by atoms with Crippen LogP contribution < -0.4 is 0 Å². The van der Waals surface area contributed by atoms with Gasteiger partial charge in [0.2, 0.25) is 0 Å². The molecule has 8 heteroatoms. The van der Waals surface area contributed by atoms with E-state index in [0.717, 1.165) is 24.5 Å². The molecule has 0 saturated carbocycles. The highest BCUT2D eigenvalue weighted by Gasteiger charge is 2.16. The van der Waals surface area contributed by atoms with Gasteiger partial charge in [-0.05, 0) is 18.2 Å². The number of hydrogen-bond acceptors (Lipinski definition) is 4. The molecule has 0 heterocycles. The summed E-state index contributed by atoms with van der Waals surface area (Å²) < 4.78 is 44.1. The third-order valence-corrected chi connectivity index (χ3v) is 4.52. The van der Waals surface area contributed by atoms with Gasteiger partial charge in [-0.1, -0.05) is 11.6 Å². The van der Waals surface area contributed by atoms with Crippen molar-refractivity contribution in [1.82, 2.24) is 0 Å². The zero-order chi connectivity index (χ0) is 11.9. The molecule has 84 valence electrons. The zero-order valence-corrected chi connectivity index (χ0v) is 10.6. The lowest BCUT2D eigenvalue weighted by atomic mass is 10.4. The van der Waals surface area contributed by atoms with E-state index in [1.54, 1.807) is 0 Å². The highest BCUT2D eigenvalue weighted by atomic mass is 35.7. The van der Waals surface area contributed by atoms with Gasteiger partial charge in [0.1, 0.15) is 0 Å². The highest BCUT2D eigenvalue weighted by molar-refractivity contribution is 8.13. The van der Waals surface area contributed by atoms with Gasteiger partial charge in [0, 0.05) is 16.9 Å². The molecule has 0 bridgehead atoms. The van der Waals surface area contributed by atoms with Crippen molar-refractivity contribution in [2.24, 2.45) is 0 Å². The second kappa shape index (κ2) is 3.93. The standard InChI is InChI=1S/C7H6Cl2O4S2/c1-14(10,11)7-3-2-5(4-6(7)8)15(9,12)13/h2-4H,1H3. The summed E-state index contributed by atoms with van der Waals surface area (Å²) in [5.74, 6) is 0. The normalized spacial score (nSPS) is 12.7. The molecular formula is C7H6Cl2O4S2. The van der Waals surface area contributed by atoms with Crippen molar-refractivity contribution in [3.8, 4) is 0 Å². The van der Waals surface area contributed by atoms with Crippen molar-refractivity contribution in [1.29, 1.82) is 0 Å². The van der Waals surface area contributed by atoms with Crippen molar-refractivity contribution < 1.29 is 16.8 Å². The summed E-state index contributed by atoms with van der Waals surface area (Å²) in [4.78, 5) is -0.366. The lowest BCUT2D eigenvalue weighted by molar-refractivity contribution is 0.600. The number of sulfone groups is 1. The van der Waals surface area contributed by atoms with Gasteiger partial charge in [-0.15, -0.1) is 0 Å². The van der Waals surface area contributed by atoms with Gasteiger partial charge in [0.15, 0.2) is 9.84 Å². The monoisotopic (exact) mass is 288 g/mol. The molecule has 4 nitrogen and oxygen atoms in total. The fourth-order valence-electron chi connectivity index (χ4n) is 0.934. The van der Waals surface area contributed by atoms with Crippen molar-refractivity contribution in [3.63, 3.8) is 0 Å². The van der Waals surface area contributed by atoms with Crippen molar-refractivity contribution >= 4 is 41.2 Å². The molecule has 0 radical (unpaired) electrons. The molecule has 0 spiro atoms. The quantitative estimate of drug-likeness (QED) is 0.777. The van der Waals surface area contributed by atoms with E-state index in [9.17, 15) is 16.8 Å². The summed E-state index contributed by atoms with van der Waals surface area (Å²) in [5, 5.41) is -0.167. The van der Waals surface area contributed by atoms with E-state index >= 15 is 0 Å². The Labute approximate surface area is 97.2 Å². The van der Waals surface area contributed by atoms with Crippen LogP contribution in [-0.2, 0) is 18.9 Å². The average Bonchev–Trinajstić information content (AvgIpc) is 1.99. The predicted octanol–water partition coefficient (Wildman–Crippen LogP) is 1.67. The van der Waals surface area contributed by atoms with Crippen LogP contribution in [0.4, 0.5) is 0 Å². The van der Waals surface area contributed by atoms with Gasteiger partial charge in [-0.2, -0.15) is 0 Å². The van der Waals surface area contributed by atoms with Crippen molar-refractivity contribution in [2.75, 3.05) is 6.26 Å². The van der Waals surface area contributed by atoms with E-state index in [0.29, 0.717) is 0 Å². The number of hydrogen-bond donors (Lipinski definition) is 0. The fourth-order valence-corrected chi connectivity index (χ4v) is 3.11. The molecule has 15 heavy (non-hydrogen) atoms. The molecular weight excluding hydrogens is 283 g/mol. The Morgan fingerprint density at radius 1 is 1.13 bits per heavy atom. The van der Waals surface area contributed by atoms with Crippen LogP contribution in [0.3, 0.4) is 0 Å². The van der Waals surface area contributed by atoms with Crippen molar-refractivity contribution in [2.45, 2.75) is 9.79 Å². The van der Waals surface area contributed by atoms with E-state index in [4.69, 9.17) is 22.3 Å². The molecule has 0 saturated heterocycles. The van der Waals surface area contributed by atoms with E-state index in [1.165, 1.54) is 0 Å². The minimum atomic E-state index is -3.89.